The minimum Gasteiger partial charge on any atom is -0.490 e. The van der Waals surface area contributed by atoms with Crippen LogP contribution in [-0.4, -0.2) is 57.6 Å². The van der Waals surface area contributed by atoms with E-state index in [2.05, 4.69) is 28.4 Å². The second-order valence-electron chi connectivity index (χ2n) is 14.8. The van der Waals surface area contributed by atoms with Crippen LogP contribution in [0.1, 0.15) is 74.4 Å². The van der Waals surface area contributed by atoms with Crippen molar-refractivity contribution in [3.05, 3.63) is 69.8 Å². The number of carbonyl (C=O) groups is 1. The van der Waals surface area contributed by atoms with E-state index in [1.807, 2.05) is 52.1 Å². The van der Waals surface area contributed by atoms with E-state index in [-0.39, 0.29) is 17.5 Å². The third-order valence-corrected chi connectivity index (χ3v) is 10.8. The van der Waals surface area contributed by atoms with Crippen LogP contribution in [0.5, 0.6) is 5.75 Å². The largest absolute Gasteiger partial charge is 0.490 e. The lowest BCUT2D eigenvalue weighted by atomic mass is 9.60. The Hall–Kier alpha value is -2.54. The number of benzene rings is 2. The maximum atomic E-state index is 13.2. The Morgan fingerprint density at radius 2 is 2.00 bits per heavy atom. The Labute approximate surface area is 261 Å². The molecule has 43 heavy (non-hydrogen) atoms. The predicted octanol–water partition coefficient (Wildman–Crippen LogP) is 6.73. The molecule has 6 nitrogen and oxygen atoms in total. The van der Waals surface area contributed by atoms with Crippen LogP contribution in [0.2, 0.25) is 5.02 Å². The number of nitrogens with one attached hydrogen (secondary N) is 1. The van der Waals surface area contributed by atoms with E-state index in [9.17, 15) is 4.79 Å². The highest BCUT2D eigenvalue weighted by Gasteiger charge is 2.49. The summed E-state index contributed by atoms with van der Waals surface area (Å²) in [5.74, 6) is 1.54. The van der Waals surface area contributed by atoms with Gasteiger partial charge in [-0.2, -0.15) is 0 Å². The van der Waals surface area contributed by atoms with E-state index < -0.39 is 5.60 Å². The molecule has 230 valence electrons. The summed E-state index contributed by atoms with van der Waals surface area (Å²) in [5, 5.41) is 4.23. The summed E-state index contributed by atoms with van der Waals surface area (Å²) in [7, 11) is 1.88. The van der Waals surface area contributed by atoms with Gasteiger partial charge in [0.25, 0.3) is 0 Å². The van der Waals surface area contributed by atoms with Gasteiger partial charge in [-0.25, -0.2) is 4.79 Å². The molecule has 0 bridgehead atoms. The number of anilines is 1. The van der Waals surface area contributed by atoms with Gasteiger partial charge < -0.3 is 24.4 Å². The van der Waals surface area contributed by atoms with Gasteiger partial charge in [-0.05, 0) is 118 Å². The number of rotatable bonds is 6. The van der Waals surface area contributed by atoms with E-state index in [4.69, 9.17) is 25.8 Å². The molecule has 2 fully saturated rings. The zero-order chi connectivity index (χ0) is 30.0. The monoisotopic (exact) mass is 604 g/mol. The molecule has 3 aliphatic carbocycles. The average Bonchev–Trinajstić information content (AvgIpc) is 3.04. The van der Waals surface area contributed by atoms with Gasteiger partial charge in [0.15, 0.2) is 0 Å². The molecule has 1 N–H and O–H groups in total. The van der Waals surface area contributed by atoms with Crippen molar-refractivity contribution in [3.8, 4) is 5.75 Å². The maximum Gasteiger partial charge on any atom is 0.338 e. The number of carbonyl (C=O) groups excluding carboxylic acids is 1. The molecule has 2 heterocycles. The van der Waals surface area contributed by atoms with Crippen molar-refractivity contribution in [3.63, 3.8) is 0 Å². The average molecular weight is 605 g/mol. The Morgan fingerprint density at radius 1 is 1.19 bits per heavy atom. The molecule has 0 radical (unpaired) electrons. The molecular formula is C36H45ClN2O4. The first kappa shape index (κ1) is 29.2. The molecule has 0 amide bonds. The maximum absolute atomic E-state index is 13.2. The van der Waals surface area contributed by atoms with E-state index >= 15 is 0 Å². The molecule has 4 atom stereocenters. The van der Waals surface area contributed by atoms with Gasteiger partial charge in [-0.1, -0.05) is 23.7 Å². The van der Waals surface area contributed by atoms with Gasteiger partial charge in [0.05, 0.1) is 24.0 Å². The van der Waals surface area contributed by atoms with Gasteiger partial charge in [0, 0.05) is 49.1 Å². The summed E-state index contributed by atoms with van der Waals surface area (Å²) >= 11 is 6.45. The molecule has 5 aliphatic rings. The Bertz CT molecular complexity index is 1440. The normalized spacial score (nSPS) is 27.8. The zero-order valence-corrected chi connectivity index (χ0v) is 26.8. The van der Waals surface area contributed by atoms with E-state index in [0.717, 1.165) is 68.3 Å². The smallest absolute Gasteiger partial charge is 0.338 e. The molecule has 1 saturated heterocycles. The first-order valence-corrected chi connectivity index (χ1v) is 16.4. The fourth-order valence-corrected chi connectivity index (χ4v) is 8.50. The van der Waals surface area contributed by atoms with Crippen LogP contribution in [0.25, 0.3) is 0 Å². The van der Waals surface area contributed by atoms with Crippen molar-refractivity contribution in [1.82, 2.24) is 5.32 Å². The summed E-state index contributed by atoms with van der Waals surface area (Å²) in [6.07, 6.45) is 9.41. The number of fused-ring (bicyclic) bond motifs is 3. The van der Waals surface area contributed by atoms with Crippen LogP contribution < -0.4 is 15.0 Å². The van der Waals surface area contributed by atoms with Crippen molar-refractivity contribution in [2.24, 2.45) is 17.3 Å². The van der Waals surface area contributed by atoms with Crippen molar-refractivity contribution in [2.45, 2.75) is 76.4 Å². The Morgan fingerprint density at radius 3 is 2.67 bits per heavy atom. The molecule has 2 aromatic rings. The minimum atomic E-state index is -0.560. The lowest BCUT2D eigenvalue weighted by Gasteiger charge is -2.52. The standard InChI is InChI=1S/C36H45ClN2O4/c1-34(2,3)43-33(40)24-8-12-31-30(15-24)39(21-36(22-42-31)13-5-6-23-14-27(37)9-11-29(23)36)18-25-7-10-28(25)32(41-4)26-16-35(17-26)19-38-20-35/h8-9,11-12,14-16,25,28,32,38H,5-7,10,13,17-22H2,1-4H3/t25-,28+,32-,36-/m0/s1. The van der Waals surface area contributed by atoms with E-state index in [0.29, 0.717) is 29.4 Å². The van der Waals surface area contributed by atoms with Crippen LogP contribution in [0.15, 0.2) is 48.0 Å². The topological polar surface area (TPSA) is 60.0 Å². The van der Waals surface area contributed by atoms with E-state index in [1.54, 1.807) is 0 Å². The molecule has 2 spiro atoms. The molecular weight excluding hydrogens is 560 g/mol. The van der Waals surface area contributed by atoms with Crippen LogP contribution in [-0.2, 0) is 21.3 Å². The third-order valence-electron chi connectivity index (χ3n) is 10.6. The van der Waals surface area contributed by atoms with Crippen molar-refractivity contribution in [2.75, 3.05) is 44.8 Å². The predicted molar refractivity (Wildman–Crippen MR) is 170 cm³/mol. The third kappa shape index (κ3) is 5.38. The minimum absolute atomic E-state index is 0.150. The first-order valence-electron chi connectivity index (χ1n) is 16.1. The van der Waals surface area contributed by atoms with Crippen LogP contribution in [0.4, 0.5) is 5.69 Å². The Balaban J connectivity index is 1.21. The fraction of sp³-hybridized carbons (Fsp3) is 0.583. The van der Waals surface area contributed by atoms with Crippen molar-refractivity contribution in [1.29, 1.82) is 0 Å². The van der Waals surface area contributed by atoms with Crippen molar-refractivity contribution >= 4 is 23.3 Å². The summed E-state index contributed by atoms with van der Waals surface area (Å²) in [6.45, 7) is 10.3. The second kappa shape index (κ2) is 10.8. The number of ether oxygens (including phenoxy) is 3. The van der Waals surface area contributed by atoms with Gasteiger partial charge in [-0.15, -0.1) is 0 Å². The highest BCUT2D eigenvalue weighted by Crippen LogP contribution is 2.51. The van der Waals surface area contributed by atoms with Gasteiger partial charge in [-0.3, -0.25) is 0 Å². The summed E-state index contributed by atoms with van der Waals surface area (Å²) in [5.41, 5.74) is 5.40. The highest BCUT2D eigenvalue weighted by atomic mass is 35.5. The molecule has 0 unspecified atom stereocenters. The highest BCUT2D eigenvalue weighted by molar-refractivity contribution is 6.30. The Kier molecular flexibility index (Phi) is 7.34. The van der Waals surface area contributed by atoms with Gasteiger partial charge in [0.1, 0.15) is 11.4 Å². The molecule has 0 aromatic heterocycles. The number of halogens is 1. The van der Waals surface area contributed by atoms with Crippen LogP contribution in [0, 0.1) is 17.3 Å². The number of hydrogen-bond donors (Lipinski definition) is 1. The van der Waals surface area contributed by atoms with Gasteiger partial charge >= 0.3 is 5.97 Å². The number of nitrogens with zero attached hydrogens (tertiary/aromatic N) is 1. The fourth-order valence-electron chi connectivity index (χ4n) is 8.31. The second-order valence-corrected chi connectivity index (χ2v) is 15.2. The summed E-state index contributed by atoms with van der Waals surface area (Å²) in [4.78, 5) is 15.7. The van der Waals surface area contributed by atoms with Crippen molar-refractivity contribution < 1.29 is 19.0 Å². The lowest BCUT2D eigenvalue weighted by Crippen LogP contribution is -2.58. The van der Waals surface area contributed by atoms with Crippen LogP contribution in [0.3, 0.4) is 0 Å². The zero-order valence-electron chi connectivity index (χ0n) is 26.0. The molecule has 7 rings (SSSR count). The van der Waals surface area contributed by atoms with E-state index in [1.165, 1.54) is 29.5 Å². The molecule has 1 saturated carbocycles. The number of aryl methyl sites for hydroxylation is 1. The number of methoxy groups -OCH3 is 1. The first-order chi connectivity index (χ1) is 20.6. The lowest BCUT2D eigenvalue weighted by molar-refractivity contribution is -0.00622. The molecule has 7 heteroatoms. The van der Waals surface area contributed by atoms with Crippen LogP contribution >= 0.6 is 11.6 Å². The SMILES string of the molecule is CO[C@@H](C1=CC2(CNC2)C1)[C@@H]1CC[C@H]1CN1C[C@@]2(CCCc3cc(Cl)ccc32)COc2ccc(C(=O)OC(C)(C)C)cc21. The molecule has 2 aliphatic heterocycles. The molecule has 2 aromatic carbocycles. The summed E-state index contributed by atoms with van der Waals surface area (Å²) in [6, 6.07) is 12.2. The van der Waals surface area contributed by atoms with Gasteiger partial charge in [0.2, 0.25) is 0 Å². The quantitative estimate of drug-likeness (QED) is 0.291. The summed E-state index contributed by atoms with van der Waals surface area (Å²) < 4.78 is 18.6. The number of hydrogen-bond acceptors (Lipinski definition) is 6. The number of esters is 1.